The van der Waals surface area contributed by atoms with Crippen molar-refractivity contribution in [1.82, 2.24) is 9.55 Å². The van der Waals surface area contributed by atoms with Gasteiger partial charge < -0.3 is 14.6 Å². The van der Waals surface area contributed by atoms with Gasteiger partial charge in [-0.15, -0.1) is 0 Å². The molecule has 0 bridgehead atoms. The predicted octanol–water partition coefficient (Wildman–Crippen LogP) is 2.91. The van der Waals surface area contributed by atoms with E-state index in [4.69, 9.17) is 4.74 Å². The van der Waals surface area contributed by atoms with Gasteiger partial charge in [-0.2, -0.15) is 0 Å². The lowest BCUT2D eigenvalue weighted by molar-refractivity contribution is 0.151. The maximum absolute atomic E-state index is 5.19. The Morgan fingerprint density at radius 3 is 2.94 bits per heavy atom. The van der Waals surface area contributed by atoms with Crippen LogP contribution in [0.25, 0.3) is 0 Å². The van der Waals surface area contributed by atoms with Gasteiger partial charge in [0.1, 0.15) is 0 Å². The molecule has 1 unspecified atom stereocenters. The quantitative estimate of drug-likeness (QED) is 0.845. The number of nitrogens with one attached hydrogen (secondary N) is 1. The van der Waals surface area contributed by atoms with Crippen LogP contribution in [0.5, 0.6) is 0 Å². The van der Waals surface area contributed by atoms with Gasteiger partial charge in [0, 0.05) is 32.1 Å². The summed E-state index contributed by atoms with van der Waals surface area (Å²) in [5, 5.41) is 3.59. The highest BCUT2D eigenvalue weighted by atomic mass is 16.5. The first-order valence-corrected chi connectivity index (χ1v) is 7.06. The van der Waals surface area contributed by atoms with Crippen LogP contribution in [0.3, 0.4) is 0 Å². The minimum absolute atomic E-state index is 0.510. The molecular weight excluding hydrogens is 226 g/mol. The van der Waals surface area contributed by atoms with Crippen molar-refractivity contribution in [3.05, 3.63) is 12.4 Å². The molecule has 0 radical (unpaired) electrons. The Morgan fingerprint density at radius 1 is 1.44 bits per heavy atom. The smallest absolute Gasteiger partial charge is 0.202 e. The van der Waals surface area contributed by atoms with E-state index in [1.807, 2.05) is 6.20 Å². The number of ether oxygens (including phenoxy) is 1. The molecule has 1 heterocycles. The molecule has 1 saturated carbocycles. The van der Waals surface area contributed by atoms with Crippen molar-refractivity contribution >= 4 is 5.95 Å². The highest BCUT2D eigenvalue weighted by molar-refractivity contribution is 5.27. The highest BCUT2D eigenvalue weighted by Crippen LogP contribution is 2.21. The molecule has 2 rings (SSSR count). The molecule has 1 aromatic heterocycles. The summed E-state index contributed by atoms with van der Waals surface area (Å²) in [5.74, 6) is 1.53. The first kappa shape index (κ1) is 13.4. The topological polar surface area (TPSA) is 39.1 Å². The van der Waals surface area contributed by atoms with Crippen LogP contribution in [-0.2, 0) is 11.3 Å². The fraction of sp³-hybridized carbons (Fsp3) is 0.786. The first-order chi connectivity index (χ1) is 8.79. The summed E-state index contributed by atoms with van der Waals surface area (Å²) in [5.41, 5.74) is 0. The summed E-state index contributed by atoms with van der Waals surface area (Å²) in [4.78, 5) is 4.43. The normalized spacial score (nSPS) is 18.8. The number of rotatable bonds is 6. The molecule has 102 valence electrons. The molecular formula is C14H25N3O. The molecule has 1 N–H and O–H groups in total. The van der Waals surface area contributed by atoms with Crippen LogP contribution in [0, 0.1) is 5.92 Å². The van der Waals surface area contributed by atoms with E-state index in [0.717, 1.165) is 19.1 Å². The number of methoxy groups -OCH3 is 1. The summed E-state index contributed by atoms with van der Waals surface area (Å²) < 4.78 is 7.39. The van der Waals surface area contributed by atoms with Crippen LogP contribution in [-0.4, -0.2) is 29.3 Å². The molecule has 0 amide bonds. The van der Waals surface area contributed by atoms with E-state index < -0.39 is 0 Å². The average molecular weight is 251 g/mol. The fourth-order valence-corrected chi connectivity index (χ4v) is 2.70. The van der Waals surface area contributed by atoms with Crippen LogP contribution < -0.4 is 5.32 Å². The SMILES string of the molecule is COCC(C)Cn1ccnc1NC1CCCCC1. The maximum Gasteiger partial charge on any atom is 0.202 e. The lowest BCUT2D eigenvalue weighted by Crippen LogP contribution is -2.25. The summed E-state index contributed by atoms with van der Waals surface area (Å²) >= 11 is 0. The van der Waals surface area contributed by atoms with Gasteiger partial charge in [-0.05, 0) is 18.8 Å². The largest absolute Gasteiger partial charge is 0.384 e. The second kappa shape index (κ2) is 6.78. The van der Waals surface area contributed by atoms with Crippen LogP contribution in [0.15, 0.2) is 12.4 Å². The van der Waals surface area contributed by atoms with Crippen LogP contribution in [0.1, 0.15) is 39.0 Å². The lowest BCUT2D eigenvalue weighted by Gasteiger charge is -2.24. The minimum atomic E-state index is 0.510. The van der Waals surface area contributed by atoms with Crippen molar-refractivity contribution in [3.63, 3.8) is 0 Å². The minimum Gasteiger partial charge on any atom is -0.384 e. The van der Waals surface area contributed by atoms with Crippen LogP contribution in [0.4, 0.5) is 5.95 Å². The summed E-state index contributed by atoms with van der Waals surface area (Å²) in [7, 11) is 1.76. The molecule has 0 saturated heterocycles. The van der Waals surface area contributed by atoms with Crippen molar-refractivity contribution in [2.24, 2.45) is 5.92 Å². The predicted molar refractivity (Wildman–Crippen MR) is 73.8 cm³/mol. The zero-order chi connectivity index (χ0) is 12.8. The van der Waals surface area contributed by atoms with Gasteiger partial charge in [-0.1, -0.05) is 26.2 Å². The van der Waals surface area contributed by atoms with Crippen molar-refractivity contribution in [2.45, 2.75) is 51.6 Å². The van der Waals surface area contributed by atoms with E-state index in [1.54, 1.807) is 7.11 Å². The van der Waals surface area contributed by atoms with Gasteiger partial charge in [-0.3, -0.25) is 0 Å². The monoisotopic (exact) mass is 251 g/mol. The molecule has 1 aliphatic carbocycles. The van der Waals surface area contributed by atoms with Crippen molar-refractivity contribution < 1.29 is 4.74 Å². The molecule has 0 aromatic carbocycles. The van der Waals surface area contributed by atoms with E-state index in [1.165, 1.54) is 32.1 Å². The third kappa shape index (κ3) is 3.73. The highest BCUT2D eigenvalue weighted by Gasteiger charge is 2.15. The maximum atomic E-state index is 5.19. The molecule has 18 heavy (non-hydrogen) atoms. The van der Waals surface area contributed by atoms with Gasteiger partial charge >= 0.3 is 0 Å². The second-order valence-electron chi connectivity index (χ2n) is 5.44. The summed E-state index contributed by atoms with van der Waals surface area (Å²) in [6.45, 7) is 3.96. The molecule has 0 spiro atoms. The summed E-state index contributed by atoms with van der Waals surface area (Å²) in [6, 6.07) is 0.609. The Morgan fingerprint density at radius 2 is 2.22 bits per heavy atom. The van der Waals surface area contributed by atoms with Gasteiger partial charge in [0.05, 0.1) is 6.61 Å². The van der Waals surface area contributed by atoms with Crippen molar-refractivity contribution in [2.75, 3.05) is 19.0 Å². The van der Waals surface area contributed by atoms with Crippen molar-refractivity contribution in [3.8, 4) is 0 Å². The third-order valence-electron chi connectivity index (χ3n) is 3.61. The number of hydrogen-bond acceptors (Lipinski definition) is 3. The van der Waals surface area contributed by atoms with E-state index in [2.05, 4.69) is 28.0 Å². The van der Waals surface area contributed by atoms with E-state index in [-0.39, 0.29) is 0 Å². The lowest BCUT2D eigenvalue weighted by atomic mass is 9.96. The standard InChI is InChI=1S/C14H25N3O/c1-12(11-18-2)10-17-9-8-15-14(17)16-13-6-4-3-5-7-13/h8-9,12-13H,3-7,10-11H2,1-2H3,(H,15,16). The molecule has 4 nitrogen and oxygen atoms in total. The van der Waals surface area contributed by atoms with Crippen LogP contribution in [0.2, 0.25) is 0 Å². The average Bonchev–Trinajstić information content (AvgIpc) is 2.78. The molecule has 0 aliphatic heterocycles. The van der Waals surface area contributed by atoms with Gasteiger partial charge in [0.25, 0.3) is 0 Å². The molecule has 1 fully saturated rings. The zero-order valence-corrected chi connectivity index (χ0v) is 11.6. The van der Waals surface area contributed by atoms with Crippen molar-refractivity contribution in [1.29, 1.82) is 0 Å². The van der Waals surface area contributed by atoms with Gasteiger partial charge in [0.2, 0.25) is 5.95 Å². The van der Waals surface area contributed by atoms with Gasteiger partial charge in [0.15, 0.2) is 0 Å². The molecule has 1 aromatic rings. The molecule has 1 atom stereocenters. The molecule has 4 heteroatoms. The number of imidazole rings is 1. The third-order valence-corrected chi connectivity index (χ3v) is 3.61. The second-order valence-corrected chi connectivity index (χ2v) is 5.44. The summed E-state index contributed by atoms with van der Waals surface area (Å²) in [6.07, 6.45) is 10.6. The first-order valence-electron chi connectivity index (χ1n) is 7.06. The van der Waals surface area contributed by atoms with E-state index in [9.17, 15) is 0 Å². The Bertz CT molecular complexity index is 345. The number of nitrogens with zero attached hydrogens (tertiary/aromatic N) is 2. The van der Waals surface area contributed by atoms with Crippen LogP contribution >= 0.6 is 0 Å². The van der Waals surface area contributed by atoms with Gasteiger partial charge in [-0.25, -0.2) is 4.98 Å². The Balaban J connectivity index is 1.90. The fourth-order valence-electron chi connectivity index (χ4n) is 2.70. The Kier molecular flexibility index (Phi) is 5.05. The zero-order valence-electron chi connectivity index (χ0n) is 11.6. The van der Waals surface area contributed by atoms with E-state index in [0.29, 0.717) is 12.0 Å². The number of hydrogen-bond donors (Lipinski definition) is 1. The molecule has 1 aliphatic rings. The number of aromatic nitrogens is 2. The number of anilines is 1. The Hall–Kier alpha value is -1.03. The Labute approximate surface area is 110 Å². The van der Waals surface area contributed by atoms with E-state index >= 15 is 0 Å².